The Bertz CT molecular complexity index is 1770. The highest BCUT2D eigenvalue weighted by molar-refractivity contribution is 7.92. The van der Waals surface area contributed by atoms with E-state index in [2.05, 4.69) is 5.32 Å². The standard InChI is InChI=1S/C35H31ClN2O3S/c1-25-12-18-29(19-13-25)34(28-8-4-3-5-9-28)37-35(39)32-10-6-7-11-33(32)38(24-27-16-20-30(36)21-17-27)42(40,41)31-22-14-26(2)15-23-31/h3-23,34H,24H2,1-2H3,(H,37,39). The lowest BCUT2D eigenvalue weighted by Gasteiger charge is -2.27. The van der Waals surface area contributed by atoms with Crippen LogP contribution in [0.3, 0.4) is 0 Å². The van der Waals surface area contributed by atoms with Crippen molar-refractivity contribution in [2.75, 3.05) is 4.31 Å². The number of para-hydroxylation sites is 1. The van der Waals surface area contributed by atoms with Gasteiger partial charge in [0.25, 0.3) is 15.9 Å². The minimum absolute atomic E-state index is 0.0117. The molecule has 1 N–H and O–H groups in total. The predicted molar refractivity (Wildman–Crippen MR) is 169 cm³/mol. The second kappa shape index (κ2) is 12.6. The van der Waals surface area contributed by atoms with E-state index in [1.54, 1.807) is 72.8 Å². The van der Waals surface area contributed by atoms with E-state index in [1.165, 1.54) is 4.31 Å². The molecule has 5 nitrogen and oxygen atoms in total. The molecule has 1 atom stereocenters. The molecule has 0 radical (unpaired) electrons. The number of carbonyl (C=O) groups is 1. The average Bonchev–Trinajstić information content (AvgIpc) is 3.00. The van der Waals surface area contributed by atoms with Crippen molar-refractivity contribution >= 4 is 33.2 Å². The van der Waals surface area contributed by atoms with Crippen LogP contribution >= 0.6 is 11.6 Å². The van der Waals surface area contributed by atoms with Gasteiger partial charge in [-0.1, -0.05) is 114 Å². The van der Waals surface area contributed by atoms with Crippen LogP contribution in [0.5, 0.6) is 0 Å². The molecule has 0 fully saturated rings. The molecule has 0 spiro atoms. The van der Waals surface area contributed by atoms with E-state index < -0.39 is 16.1 Å². The van der Waals surface area contributed by atoms with Gasteiger partial charge in [-0.3, -0.25) is 9.10 Å². The summed E-state index contributed by atoms with van der Waals surface area (Å²) in [6, 6.07) is 37.8. The van der Waals surface area contributed by atoms with Gasteiger partial charge < -0.3 is 5.32 Å². The lowest BCUT2D eigenvalue weighted by Crippen LogP contribution is -2.34. The van der Waals surface area contributed by atoms with E-state index in [9.17, 15) is 13.2 Å². The van der Waals surface area contributed by atoms with Crippen molar-refractivity contribution in [1.29, 1.82) is 0 Å². The van der Waals surface area contributed by atoms with Gasteiger partial charge in [-0.2, -0.15) is 0 Å². The summed E-state index contributed by atoms with van der Waals surface area (Å²) in [7, 11) is -4.05. The number of aryl methyl sites for hydroxylation is 2. The first-order valence-corrected chi connectivity index (χ1v) is 15.4. The van der Waals surface area contributed by atoms with Gasteiger partial charge in [0.1, 0.15) is 0 Å². The highest BCUT2D eigenvalue weighted by atomic mass is 35.5. The van der Waals surface area contributed by atoms with E-state index in [1.807, 2.05) is 68.4 Å². The molecule has 212 valence electrons. The topological polar surface area (TPSA) is 66.5 Å². The summed E-state index contributed by atoms with van der Waals surface area (Å²) in [6.45, 7) is 3.93. The van der Waals surface area contributed by atoms with Crippen molar-refractivity contribution in [2.45, 2.75) is 31.3 Å². The number of nitrogens with zero attached hydrogens (tertiary/aromatic N) is 1. The summed E-state index contributed by atoms with van der Waals surface area (Å²) in [5, 5.41) is 3.72. The van der Waals surface area contributed by atoms with Crippen molar-refractivity contribution in [3.05, 3.63) is 166 Å². The van der Waals surface area contributed by atoms with E-state index in [0.717, 1.165) is 27.8 Å². The summed E-state index contributed by atoms with van der Waals surface area (Å²) < 4.78 is 29.6. The Hall–Kier alpha value is -4.39. The van der Waals surface area contributed by atoms with E-state index in [-0.39, 0.29) is 28.6 Å². The van der Waals surface area contributed by atoms with Gasteiger partial charge in [-0.25, -0.2) is 8.42 Å². The first-order valence-electron chi connectivity index (χ1n) is 13.6. The Morgan fingerprint density at radius 3 is 1.90 bits per heavy atom. The Kier molecular flexibility index (Phi) is 8.76. The minimum atomic E-state index is -4.05. The Balaban J connectivity index is 1.58. The highest BCUT2D eigenvalue weighted by Crippen LogP contribution is 2.31. The van der Waals surface area contributed by atoms with Crippen LogP contribution < -0.4 is 9.62 Å². The minimum Gasteiger partial charge on any atom is -0.341 e. The zero-order chi connectivity index (χ0) is 29.7. The van der Waals surface area contributed by atoms with Crippen molar-refractivity contribution in [2.24, 2.45) is 0 Å². The molecule has 7 heteroatoms. The number of carbonyl (C=O) groups excluding carboxylic acids is 1. The number of sulfonamides is 1. The molecular weight excluding hydrogens is 564 g/mol. The van der Waals surface area contributed by atoms with Crippen LogP contribution in [0.4, 0.5) is 5.69 Å². The number of hydrogen-bond donors (Lipinski definition) is 1. The molecule has 0 saturated carbocycles. The molecule has 0 aromatic heterocycles. The third-order valence-corrected chi connectivity index (χ3v) is 9.11. The van der Waals surface area contributed by atoms with Crippen molar-refractivity contribution in [1.82, 2.24) is 5.32 Å². The van der Waals surface area contributed by atoms with E-state index in [4.69, 9.17) is 11.6 Å². The molecule has 5 rings (SSSR count). The van der Waals surface area contributed by atoms with Crippen molar-refractivity contribution in [3.8, 4) is 0 Å². The third-order valence-electron chi connectivity index (χ3n) is 7.08. The second-order valence-corrected chi connectivity index (χ2v) is 12.5. The van der Waals surface area contributed by atoms with Gasteiger partial charge in [-0.05, 0) is 66.9 Å². The quantitative estimate of drug-likeness (QED) is 0.189. The number of amides is 1. The summed E-state index contributed by atoms with van der Waals surface area (Å²) in [6.07, 6.45) is 0. The highest BCUT2D eigenvalue weighted by Gasteiger charge is 2.29. The number of anilines is 1. The average molecular weight is 595 g/mol. The lowest BCUT2D eigenvalue weighted by molar-refractivity contribution is 0.0943. The van der Waals surface area contributed by atoms with Gasteiger partial charge in [0.05, 0.1) is 28.7 Å². The summed E-state index contributed by atoms with van der Waals surface area (Å²) in [5.74, 6) is -0.389. The molecule has 0 aliphatic rings. The fourth-order valence-corrected chi connectivity index (χ4v) is 6.35. The molecule has 5 aromatic rings. The third kappa shape index (κ3) is 6.56. The SMILES string of the molecule is Cc1ccc(C(NC(=O)c2ccccc2N(Cc2ccc(Cl)cc2)S(=O)(=O)c2ccc(C)cc2)c2ccccc2)cc1. The van der Waals surface area contributed by atoms with Crippen LogP contribution in [-0.4, -0.2) is 14.3 Å². The van der Waals surface area contributed by atoms with Crippen LogP contribution in [0.15, 0.2) is 132 Å². The van der Waals surface area contributed by atoms with Crippen LogP contribution in [0, 0.1) is 13.8 Å². The molecule has 0 bridgehead atoms. The van der Waals surface area contributed by atoms with Crippen molar-refractivity contribution in [3.63, 3.8) is 0 Å². The Morgan fingerprint density at radius 1 is 0.714 bits per heavy atom. The van der Waals surface area contributed by atoms with Gasteiger partial charge in [0.15, 0.2) is 0 Å². The maximum Gasteiger partial charge on any atom is 0.264 e. The number of nitrogens with one attached hydrogen (secondary N) is 1. The van der Waals surface area contributed by atoms with Crippen LogP contribution in [-0.2, 0) is 16.6 Å². The van der Waals surface area contributed by atoms with Gasteiger partial charge in [-0.15, -0.1) is 0 Å². The first kappa shape index (κ1) is 29.1. The monoisotopic (exact) mass is 594 g/mol. The molecule has 0 saturated heterocycles. The molecule has 5 aromatic carbocycles. The largest absolute Gasteiger partial charge is 0.341 e. The molecule has 0 heterocycles. The Labute approximate surface area is 252 Å². The molecule has 1 amide bonds. The van der Waals surface area contributed by atoms with Crippen LogP contribution in [0.2, 0.25) is 5.02 Å². The predicted octanol–water partition coefficient (Wildman–Crippen LogP) is 7.87. The molecule has 42 heavy (non-hydrogen) atoms. The van der Waals surface area contributed by atoms with E-state index >= 15 is 0 Å². The number of rotatable bonds is 9. The zero-order valence-corrected chi connectivity index (χ0v) is 24.9. The fraction of sp³-hybridized carbons (Fsp3) is 0.114. The van der Waals surface area contributed by atoms with E-state index in [0.29, 0.717) is 5.02 Å². The van der Waals surface area contributed by atoms with Gasteiger partial charge >= 0.3 is 0 Å². The number of benzene rings is 5. The summed E-state index contributed by atoms with van der Waals surface area (Å²) in [5.41, 5.74) is 5.14. The summed E-state index contributed by atoms with van der Waals surface area (Å²) in [4.78, 5) is 14.2. The van der Waals surface area contributed by atoms with Crippen LogP contribution in [0.25, 0.3) is 0 Å². The first-order chi connectivity index (χ1) is 20.2. The second-order valence-electron chi connectivity index (χ2n) is 10.2. The Morgan fingerprint density at radius 2 is 1.26 bits per heavy atom. The maximum atomic E-state index is 14.2. The smallest absolute Gasteiger partial charge is 0.264 e. The number of halogens is 1. The lowest BCUT2D eigenvalue weighted by atomic mass is 9.97. The maximum absolute atomic E-state index is 14.2. The zero-order valence-electron chi connectivity index (χ0n) is 23.4. The molecule has 0 aliphatic heterocycles. The van der Waals surface area contributed by atoms with Crippen LogP contribution in [0.1, 0.15) is 44.2 Å². The molecule has 0 aliphatic carbocycles. The fourth-order valence-electron chi connectivity index (χ4n) is 4.75. The molecule has 1 unspecified atom stereocenters. The summed E-state index contributed by atoms with van der Waals surface area (Å²) >= 11 is 6.11. The molecular formula is C35H31ClN2O3S. The number of hydrogen-bond acceptors (Lipinski definition) is 3. The normalized spacial score (nSPS) is 12.0. The van der Waals surface area contributed by atoms with Crippen molar-refractivity contribution < 1.29 is 13.2 Å². The van der Waals surface area contributed by atoms with Gasteiger partial charge in [0.2, 0.25) is 0 Å². The van der Waals surface area contributed by atoms with Gasteiger partial charge in [0, 0.05) is 5.02 Å².